The Bertz CT molecular complexity index is 626. The van der Waals surface area contributed by atoms with Crippen LogP contribution in [-0.4, -0.2) is 4.92 Å². The monoisotopic (exact) mass is 292 g/mol. The Labute approximate surface area is 119 Å². The number of thiophene rings is 1. The molecular weight excluding hydrogens is 279 g/mol. The minimum absolute atomic E-state index is 0.0687. The van der Waals surface area contributed by atoms with Gasteiger partial charge in [-0.05, 0) is 42.3 Å². The Kier molecular flexibility index (Phi) is 3.40. The quantitative estimate of drug-likeness (QED) is 0.658. The first-order valence-corrected chi connectivity index (χ1v) is 7.27. The molecule has 1 saturated carbocycles. The maximum atomic E-state index is 13.2. The van der Waals surface area contributed by atoms with Gasteiger partial charge in [0.05, 0.1) is 17.0 Å². The van der Waals surface area contributed by atoms with Crippen LogP contribution in [0.15, 0.2) is 35.7 Å². The van der Waals surface area contributed by atoms with Crippen LogP contribution in [0.3, 0.4) is 0 Å². The van der Waals surface area contributed by atoms with Gasteiger partial charge in [0.1, 0.15) is 11.5 Å². The van der Waals surface area contributed by atoms with E-state index in [0.717, 1.165) is 23.8 Å². The third-order valence-corrected chi connectivity index (χ3v) is 4.37. The fraction of sp³-hybridized carbons (Fsp3) is 0.286. The van der Waals surface area contributed by atoms with Gasteiger partial charge in [-0.2, -0.15) is 0 Å². The van der Waals surface area contributed by atoms with Crippen LogP contribution in [-0.2, 0) is 0 Å². The third-order valence-electron chi connectivity index (χ3n) is 3.41. The summed E-state index contributed by atoms with van der Waals surface area (Å²) in [6.07, 6.45) is 2.23. The highest BCUT2D eigenvalue weighted by Crippen LogP contribution is 2.45. The molecule has 0 amide bonds. The summed E-state index contributed by atoms with van der Waals surface area (Å²) in [5, 5.41) is 16.2. The number of nitro benzene ring substituents is 1. The number of rotatable bonds is 5. The number of hydrogen-bond donors (Lipinski definition) is 1. The van der Waals surface area contributed by atoms with Crippen LogP contribution in [0, 0.1) is 21.8 Å². The van der Waals surface area contributed by atoms with Gasteiger partial charge in [-0.3, -0.25) is 10.1 Å². The van der Waals surface area contributed by atoms with E-state index in [1.165, 1.54) is 12.1 Å². The van der Waals surface area contributed by atoms with E-state index in [2.05, 4.69) is 5.32 Å². The summed E-state index contributed by atoms with van der Waals surface area (Å²) in [5.74, 6) is -0.0975. The average molecular weight is 292 g/mol. The second-order valence-corrected chi connectivity index (χ2v) is 5.87. The minimum Gasteiger partial charge on any atom is -0.372 e. The van der Waals surface area contributed by atoms with E-state index in [1.54, 1.807) is 11.3 Å². The molecule has 6 heteroatoms. The van der Waals surface area contributed by atoms with Gasteiger partial charge in [0.25, 0.3) is 5.69 Å². The molecule has 1 atom stereocenters. The van der Waals surface area contributed by atoms with Crippen molar-refractivity contribution in [1.82, 2.24) is 0 Å². The Morgan fingerprint density at radius 2 is 2.20 bits per heavy atom. The Hall–Kier alpha value is -1.95. The number of nitro groups is 1. The molecule has 2 aromatic rings. The SMILES string of the molecule is O=[N+]([O-])c1cc(F)ccc1NC(c1cccs1)C1CC1. The molecule has 1 aromatic carbocycles. The van der Waals surface area contributed by atoms with Crippen molar-refractivity contribution < 1.29 is 9.31 Å². The second-order valence-electron chi connectivity index (χ2n) is 4.89. The number of halogens is 1. The van der Waals surface area contributed by atoms with Gasteiger partial charge in [-0.1, -0.05) is 6.07 Å². The van der Waals surface area contributed by atoms with Crippen LogP contribution in [0.2, 0.25) is 0 Å². The predicted molar refractivity (Wildman–Crippen MR) is 76.5 cm³/mol. The van der Waals surface area contributed by atoms with E-state index in [4.69, 9.17) is 0 Å². The summed E-state index contributed by atoms with van der Waals surface area (Å²) in [6.45, 7) is 0. The number of anilines is 1. The van der Waals surface area contributed by atoms with Gasteiger partial charge in [-0.25, -0.2) is 4.39 Å². The summed E-state index contributed by atoms with van der Waals surface area (Å²) in [7, 11) is 0. The molecular formula is C14H13FN2O2S. The third kappa shape index (κ3) is 2.65. The fourth-order valence-electron chi connectivity index (χ4n) is 2.26. The van der Waals surface area contributed by atoms with E-state index in [0.29, 0.717) is 11.6 Å². The molecule has 1 heterocycles. The van der Waals surface area contributed by atoms with E-state index in [9.17, 15) is 14.5 Å². The summed E-state index contributed by atoms with van der Waals surface area (Å²) in [4.78, 5) is 11.6. The van der Waals surface area contributed by atoms with Crippen LogP contribution in [0.4, 0.5) is 15.8 Å². The summed E-state index contributed by atoms with van der Waals surface area (Å²) in [5.41, 5.74) is 0.161. The van der Waals surface area contributed by atoms with Crippen LogP contribution in [0.5, 0.6) is 0 Å². The molecule has 1 aliphatic carbocycles. The maximum Gasteiger partial charge on any atom is 0.295 e. The number of benzene rings is 1. The van der Waals surface area contributed by atoms with Crippen molar-refractivity contribution in [3.63, 3.8) is 0 Å². The van der Waals surface area contributed by atoms with Gasteiger partial charge in [0.2, 0.25) is 0 Å². The summed E-state index contributed by atoms with van der Waals surface area (Å²) < 4.78 is 13.2. The van der Waals surface area contributed by atoms with Gasteiger partial charge >= 0.3 is 0 Å². The Balaban J connectivity index is 1.91. The van der Waals surface area contributed by atoms with Crippen molar-refractivity contribution >= 4 is 22.7 Å². The molecule has 20 heavy (non-hydrogen) atoms. The first-order chi connectivity index (χ1) is 9.65. The molecule has 1 aromatic heterocycles. The van der Waals surface area contributed by atoms with E-state index in [1.807, 2.05) is 17.5 Å². The van der Waals surface area contributed by atoms with E-state index >= 15 is 0 Å². The molecule has 1 N–H and O–H groups in total. The first-order valence-electron chi connectivity index (χ1n) is 6.39. The highest BCUT2D eigenvalue weighted by molar-refractivity contribution is 7.10. The molecule has 0 spiro atoms. The van der Waals surface area contributed by atoms with Gasteiger partial charge in [-0.15, -0.1) is 11.3 Å². The normalized spacial score (nSPS) is 15.8. The van der Waals surface area contributed by atoms with Crippen LogP contribution < -0.4 is 5.32 Å². The molecule has 0 aliphatic heterocycles. The molecule has 4 nitrogen and oxygen atoms in total. The number of nitrogens with one attached hydrogen (secondary N) is 1. The van der Waals surface area contributed by atoms with Crippen molar-refractivity contribution in [1.29, 1.82) is 0 Å². The average Bonchev–Trinajstić information content (AvgIpc) is 3.11. The zero-order chi connectivity index (χ0) is 14.1. The Morgan fingerprint density at radius 3 is 2.80 bits per heavy atom. The van der Waals surface area contributed by atoms with Crippen molar-refractivity contribution in [2.75, 3.05) is 5.32 Å². The highest BCUT2D eigenvalue weighted by Gasteiger charge is 2.34. The number of nitrogens with zero attached hydrogens (tertiary/aromatic N) is 1. The largest absolute Gasteiger partial charge is 0.372 e. The summed E-state index contributed by atoms with van der Waals surface area (Å²) >= 11 is 1.63. The van der Waals surface area contributed by atoms with Gasteiger partial charge in [0.15, 0.2) is 0 Å². The molecule has 0 radical (unpaired) electrons. The predicted octanol–water partition coefficient (Wildman–Crippen LogP) is 4.36. The Morgan fingerprint density at radius 1 is 1.40 bits per heavy atom. The van der Waals surface area contributed by atoms with Crippen molar-refractivity contribution in [3.05, 3.63) is 56.5 Å². The maximum absolute atomic E-state index is 13.2. The lowest BCUT2D eigenvalue weighted by Crippen LogP contribution is -2.12. The zero-order valence-corrected chi connectivity index (χ0v) is 11.4. The zero-order valence-electron chi connectivity index (χ0n) is 10.6. The molecule has 104 valence electrons. The lowest BCUT2D eigenvalue weighted by Gasteiger charge is -2.18. The molecule has 0 bridgehead atoms. The molecule has 1 fully saturated rings. The molecule has 0 saturated heterocycles. The smallest absolute Gasteiger partial charge is 0.295 e. The molecule has 3 rings (SSSR count). The van der Waals surface area contributed by atoms with Crippen molar-refractivity contribution in [2.24, 2.45) is 5.92 Å². The molecule has 1 unspecified atom stereocenters. The van der Waals surface area contributed by atoms with Crippen LogP contribution in [0.1, 0.15) is 23.8 Å². The lowest BCUT2D eigenvalue weighted by atomic mass is 10.1. The van der Waals surface area contributed by atoms with E-state index < -0.39 is 10.7 Å². The van der Waals surface area contributed by atoms with Gasteiger partial charge < -0.3 is 5.32 Å². The summed E-state index contributed by atoms with van der Waals surface area (Å²) in [6, 6.07) is 7.70. The topological polar surface area (TPSA) is 55.2 Å². The number of hydrogen-bond acceptors (Lipinski definition) is 4. The van der Waals surface area contributed by atoms with Crippen molar-refractivity contribution in [3.8, 4) is 0 Å². The van der Waals surface area contributed by atoms with E-state index in [-0.39, 0.29) is 11.7 Å². The highest BCUT2D eigenvalue weighted by atomic mass is 32.1. The fourth-order valence-corrected chi connectivity index (χ4v) is 3.13. The minimum atomic E-state index is -0.596. The molecule has 1 aliphatic rings. The van der Waals surface area contributed by atoms with Crippen LogP contribution in [0.25, 0.3) is 0 Å². The lowest BCUT2D eigenvalue weighted by molar-refractivity contribution is -0.384. The standard InChI is InChI=1S/C14H13FN2O2S/c15-10-5-6-11(12(8-10)17(18)19)16-14(9-3-4-9)13-2-1-7-20-13/h1-2,5-9,14,16H,3-4H2. The second kappa shape index (κ2) is 5.20. The van der Waals surface area contributed by atoms with Crippen molar-refractivity contribution in [2.45, 2.75) is 18.9 Å². The van der Waals surface area contributed by atoms with Gasteiger partial charge in [0, 0.05) is 4.88 Å². The van der Waals surface area contributed by atoms with Crippen LogP contribution >= 0.6 is 11.3 Å². The first kappa shape index (κ1) is 13.1.